The van der Waals surface area contributed by atoms with Gasteiger partial charge in [0.15, 0.2) is 0 Å². The van der Waals surface area contributed by atoms with E-state index < -0.39 is 35.6 Å². The highest BCUT2D eigenvalue weighted by Gasteiger charge is 2.45. The summed E-state index contributed by atoms with van der Waals surface area (Å²) in [4.78, 5) is 63.5. The Balaban J connectivity index is 1.33. The summed E-state index contributed by atoms with van der Waals surface area (Å²) >= 11 is 0. The molecule has 1 saturated heterocycles. The van der Waals surface area contributed by atoms with Gasteiger partial charge in [0.2, 0.25) is 17.7 Å². The number of imide groups is 2. The molecule has 5 rings (SSSR count). The number of benzene rings is 2. The third-order valence-corrected chi connectivity index (χ3v) is 6.09. The van der Waals surface area contributed by atoms with E-state index in [2.05, 4.69) is 27.0 Å². The molecule has 37 heavy (non-hydrogen) atoms. The second-order valence-electron chi connectivity index (χ2n) is 8.72. The number of carbonyl (C=O) groups is 5. The lowest BCUT2D eigenvalue weighted by molar-refractivity contribution is -0.136. The van der Waals surface area contributed by atoms with Gasteiger partial charge in [-0.05, 0) is 49.2 Å². The van der Waals surface area contributed by atoms with Crippen molar-refractivity contribution in [3.05, 3.63) is 64.8 Å². The third-order valence-electron chi connectivity index (χ3n) is 6.09. The first-order valence-electron chi connectivity index (χ1n) is 11.3. The van der Waals surface area contributed by atoms with Crippen LogP contribution in [0.4, 0.5) is 5.69 Å². The molecule has 3 aromatic rings. The lowest BCUT2D eigenvalue weighted by atomic mass is 10.0. The van der Waals surface area contributed by atoms with E-state index in [1.165, 1.54) is 22.9 Å². The highest BCUT2D eigenvalue weighted by atomic mass is 16.2. The van der Waals surface area contributed by atoms with Crippen molar-refractivity contribution in [3.8, 4) is 17.3 Å². The van der Waals surface area contributed by atoms with Crippen LogP contribution in [-0.2, 0) is 20.9 Å². The van der Waals surface area contributed by atoms with Gasteiger partial charge in [-0.3, -0.25) is 34.2 Å². The zero-order chi connectivity index (χ0) is 26.3. The normalized spacial score (nSPS) is 16.9. The summed E-state index contributed by atoms with van der Waals surface area (Å²) in [5, 5.41) is 22.0. The Labute approximate surface area is 209 Å². The predicted molar refractivity (Wildman–Crippen MR) is 127 cm³/mol. The molecule has 0 spiro atoms. The van der Waals surface area contributed by atoms with Crippen molar-refractivity contribution in [2.75, 3.05) is 5.32 Å². The van der Waals surface area contributed by atoms with Crippen molar-refractivity contribution in [1.82, 2.24) is 25.2 Å². The van der Waals surface area contributed by atoms with Crippen molar-refractivity contribution in [2.24, 2.45) is 0 Å². The number of aryl methyl sites for hydroxylation is 1. The number of aromatic nitrogens is 3. The van der Waals surface area contributed by atoms with E-state index in [1.807, 2.05) is 13.0 Å². The van der Waals surface area contributed by atoms with Gasteiger partial charge in [0.25, 0.3) is 11.8 Å². The highest BCUT2D eigenvalue weighted by Crippen LogP contribution is 2.32. The van der Waals surface area contributed by atoms with Crippen LogP contribution in [0.25, 0.3) is 11.3 Å². The fraction of sp³-hybridized carbons (Fsp3) is 0.200. The Morgan fingerprint density at radius 1 is 1.19 bits per heavy atom. The third kappa shape index (κ3) is 4.34. The van der Waals surface area contributed by atoms with Gasteiger partial charge in [0.05, 0.1) is 34.6 Å². The van der Waals surface area contributed by atoms with Crippen LogP contribution >= 0.6 is 0 Å². The first-order chi connectivity index (χ1) is 17.7. The maximum absolute atomic E-state index is 13.2. The quantitative estimate of drug-likeness (QED) is 0.495. The molecule has 1 unspecified atom stereocenters. The molecule has 2 N–H and O–H groups in total. The van der Waals surface area contributed by atoms with Gasteiger partial charge in [0, 0.05) is 12.0 Å². The van der Waals surface area contributed by atoms with Gasteiger partial charge in [-0.15, -0.1) is 5.10 Å². The largest absolute Gasteiger partial charge is 0.324 e. The number of fused-ring (bicyclic) bond motifs is 1. The van der Waals surface area contributed by atoms with E-state index in [0.717, 1.165) is 10.5 Å². The summed E-state index contributed by atoms with van der Waals surface area (Å²) in [5.74, 6) is -3.09. The smallest absolute Gasteiger partial charge is 0.264 e. The topological polar surface area (TPSA) is 167 Å². The minimum Gasteiger partial charge on any atom is -0.324 e. The second-order valence-corrected chi connectivity index (χ2v) is 8.72. The lowest BCUT2D eigenvalue weighted by Gasteiger charge is -2.27. The number of rotatable bonds is 5. The maximum atomic E-state index is 13.2. The van der Waals surface area contributed by atoms with E-state index in [4.69, 9.17) is 0 Å². The first-order valence-corrected chi connectivity index (χ1v) is 11.3. The molecular formula is C25H19N7O5. The Morgan fingerprint density at radius 2 is 2.00 bits per heavy atom. The SMILES string of the molecule is Cc1cc(C#N)cc(-c2cn(CC(=O)Nc3cccc4c3C(=O)N(C3CCC(=O)NC3=O)C4=O)nn2)c1. The lowest BCUT2D eigenvalue weighted by Crippen LogP contribution is -2.54. The summed E-state index contributed by atoms with van der Waals surface area (Å²) in [6.07, 6.45) is 1.60. The fourth-order valence-corrected chi connectivity index (χ4v) is 4.46. The van der Waals surface area contributed by atoms with E-state index in [1.54, 1.807) is 18.3 Å². The van der Waals surface area contributed by atoms with Crippen LogP contribution < -0.4 is 10.6 Å². The van der Waals surface area contributed by atoms with Gasteiger partial charge in [0.1, 0.15) is 18.3 Å². The standard InChI is InChI=1S/C25H19N7O5/c1-13-7-14(10-26)9-15(8-13)18-11-31(30-29-18)12-21(34)27-17-4-2-3-16-22(17)25(37)32(24(16)36)19-5-6-20(33)28-23(19)35/h2-4,7-9,11,19H,5-6,12H2,1H3,(H,27,34)(H,28,33,35). The van der Waals surface area contributed by atoms with Crippen LogP contribution in [0.15, 0.2) is 42.6 Å². The Morgan fingerprint density at radius 3 is 2.76 bits per heavy atom. The van der Waals surface area contributed by atoms with Crippen LogP contribution in [0.1, 0.15) is 44.7 Å². The fourth-order valence-electron chi connectivity index (χ4n) is 4.46. The van der Waals surface area contributed by atoms with Crippen LogP contribution in [0.2, 0.25) is 0 Å². The predicted octanol–water partition coefficient (Wildman–Crippen LogP) is 1.17. The minimum absolute atomic E-state index is 0.00761. The summed E-state index contributed by atoms with van der Waals surface area (Å²) in [6.45, 7) is 1.63. The van der Waals surface area contributed by atoms with Crippen LogP contribution in [0, 0.1) is 18.3 Å². The molecule has 0 radical (unpaired) electrons. The van der Waals surface area contributed by atoms with Crippen LogP contribution in [0.3, 0.4) is 0 Å². The van der Waals surface area contributed by atoms with Crippen molar-refractivity contribution in [2.45, 2.75) is 32.4 Å². The average Bonchev–Trinajstić information content (AvgIpc) is 3.42. The summed E-state index contributed by atoms with van der Waals surface area (Å²) in [6, 6.07) is 10.7. The van der Waals surface area contributed by atoms with E-state index >= 15 is 0 Å². The molecule has 1 atom stereocenters. The number of anilines is 1. The monoisotopic (exact) mass is 497 g/mol. The average molecular weight is 497 g/mol. The van der Waals surface area contributed by atoms with Gasteiger partial charge in [-0.1, -0.05) is 11.3 Å². The molecule has 0 aliphatic carbocycles. The molecule has 12 heteroatoms. The molecule has 184 valence electrons. The number of hydrogen-bond donors (Lipinski definition) is 2. The van der Waals surface area contributed by atoms with Crippen molar-refractivity contribution < 1.29 is 24.0 Å². The van der Waals surface area contributed by atoms with Crippen LogP contribution in [-0.4, -0.2) is 55.5 Å². The number of nitriles is 1. The Kier molecular flexibility index (Phi) is 5.81. The van der Waals surface area contributed by atoms with E-state index in [0.29, 0.717) is 16.8 Å². The Hall–Kier alpha value is -5.18. The molecule has 12 nitrogen and oxygen atoms in total. The molecule has 2 aromatic carbocycles. The van der Waals surface area contributed by atoms with Gasteiger partial charge < -0.3 is 5.32 Å². The zero-order valence-corrected chi connectivity index (χ0v) is 19.5. The number of nitrogens with one attached hydrogen (secondary N) is 2. The summed E-state index contributed by atoms with van der Waals surface area (Å²) in [5.41, 5.74) is 2.68. The van der Waals surface area contributed by atoms with Crippen molar-refractivity contribution in [3.63, 3.8) is 0 Å². The van der Waals surface area contributed by atoms with Crippen molar-refractivity contribution >= 4 is 35.2 Å². The summed E-state index contributed by atoms with van der Waals surface area (Å²) in [7, 11) is 0. The number of nitrogens with zero attached hydrogens (tertiary/aromatic N) is 5. The highest BCUT2D eigenvalue weighted by molar-refractivity contribution is 6.26. The Bertz CT molecular complexity index is 1550. The zero-order valence-electron chi connectivity index (χ0n) is 19.5. The van der Waals surface area contributed by atoms with Gasteiger partial charge in [-0.2, -0.15) is 5.26 Å². The molecule has 0 saturated carbocycles. The molecule has 0 bridgehead atoms. The molecule has 1 aromatic heterocycles. The van der Waals surface area contributed by atoms with Crippen LogP contribution in [0.5, 0.6) is 0 Å². The summed E-state index contributed by atoms with van der Waals surface area (Å²) < 4.78 is 1.31. The molecule has 3 heterocycles. The molecule has 1 fully saturated rings. The number of carbonyl (C=O) groups excluding carboxylic acids is 5. The molecule has 2 aliphatic heterocycles. The van der Waals surface area contributed by atoms with Gasteiger partial charge >= 0.3 is 0 Å². The minimum atomic E-state index is -1.11. The number of hydrogen-bond acceptors (Lipinski definition) is 8. The van der Waals surface area contributed by atoms with E-state index in [-0.39, 0.29) is 36.2 Å². The first kappa shape index (κ1) is 23.6. The molecule has 5 amide bonds. The maximum Gasteiger partial charge on any atom is 0.264 e. The van der Waals surface area contributed by atoms with E-state index in [9.17, 15) is 29.2 Å². The molecular weight excluding hydrogens is 478 g/mol. The van der Waals surface area contributed by atoms with Gasteiger partial charge in [-0.25, -0.2) is 4.68 Å². The number of amides is 5. The second kappa shape index (κ2) is 9.12. The molecule has 2 aliphatic rings. The number of piperidine rings is 1. The van der Waals surface area contributed by atoms with Crippen molar-refractivity contribution in [1.29, 1.82) is 5.26 Å².